The molecule has 0 spiro atoms. The first kappa shape index (κ1) is 43.8. The average molecular weight is 836 g/mol. The summed E-state index contributed by atoms with van der Waals surface area (Å²) in [6, 6.07) is 29.4. The number of methoxy groups -OCH3 is 2. The Kier molecular flexibility index (Phi) is 15.5. The van der Waals surface area contributed by atoms with Gasteiger partial charge in [-0.25, -0.2) is 0 Å². The summed E-state index contributed by atoms with van der Waals surface area (Å²) in [5.74, 6) is 1.39. The maximum absolute atomic E-state index is 7.13. The fraction of sp³-hybridized carbons (Fsp3) is 0.574. The van der Waals surface area contributed by atoms with Crippen LogP contribution in [0.1, 0.15) is 89.8 Å². The van der Waals surface area contributed by atoms with E-state index in [4.69, 9.17) is 28.1 Å². The minimum absolute atomic E-state index is 0.00223. The molecule has 55 heavy (non-hydrogen) atoms. The Balaban J connectivity index is 1.27. The molecule has 2 saturated heterocycles. The van der Waals surface area contributed by atoms with Crippen molar-refractivity contribution in [3.05, 3.63) is 114 Å². The lowest BCUT2D eigenvalue weighted by Crippen LogP contribution is -2.45. The molecule has 0 N–H and O–H groups in total. The van der Waals surface area contributed by atoms with E-state index in [1.807, 2.05) is 19.2 Å². The molecule has 0 aliphatic carbocycles. The van der Waals surface area contributed by atoms with Crippen LogP contribution in [0.15, 0.2) is 97.1 Å². The molecular weight excluding hydrogens is 769 g/mol. The van der Waals surface area contributed by atoms with Crippen LogP contribution in [0.2, 0.25) is 18.1 Å². The van der Waals surface area contributed by atoms with Crippen molar-refractivity contribution in [2.24, 2.45) is 11.8 Å². The Morgan fingerprint density at radius 2 is 1.47 bits per heavy atom. The van der Waals surface area contributed by atoms with E-state index in [2.05, 4.69) is 143 Å². The molecule has 0 amide bonds. The standard InChI is InChI=1S/C47H67BrO6Si/c1-11-38(54-55(9,10)46(4,5)6)30-44-45(50-8)41(32-48)43(53-44)31-42-34(3)33(2)29-40(52-42)23-18-28-51-47(35-19-14-12-15-20-35,36-21-16-13-17-22-36)37-24-26-39(49-7)27-25-37/h12-17,19-22,24-27,33,38,40-45H,3,11,18,23,28-32H2,1-2,4-10H3/t33-,38-,40+,41+,42?,43?,44-,45-/m1/s1. The van der Waals surface area contributed by atoms with Crippen LogP contribution in [0.3, 0.4) is 0 Å². The minimum atomic E-state index is -1.93. The van der Waals surface area contributed by atoms with Crippen LogP contribution in [-0.2, 0) is 29.0 Å². The summed E-state index contributed by atoms with van der Waals surface area (Å²) in [7, 11) is 1.60. The molecule has 3 aromatic carbocycles. The highest BCUT2D eigenvalue weighted by molar-refractivity contribution is 9.09. The van der Waals surface area contributed by atoms with Crippen LogP contribution in [0.4, 0.5) is 0 Å². The van der Waals surface area contributed by atoms with Crippen molar-refractivity contribution in [2.75, 3.05) is 26.2 Å². The molecular formula is C47H67BrO6Si. The van der Waals surface area contributed by atoms with Crippen molar-refractivity contribution < 1.29 is 28.1 Å². The number of rotatable bonds is 18. The highest BCUT2D eigenvalue weighted by Crippen LogP contribution is 2.44. The summed E-state index contributed by atoms with van der Waals surface area (Å²) < 4.78 is 39.6. The molecule has 0 saturated carbocycles. The van der Waals surface area contributed by atoms with Crippen LogP contribution in [-0.4, -0.2) is 71.1 Å². The van der Waals surface area contributed by atoms with Crippen LogP contribution in [0, 0.1) is 11.8 Å². The van der Waals surface area contributed by atoms with Gasteiger partial charge in [-0.2, -0.15) is 0 Å². The van der Waals surface area contributed by atoms with Gasteiger partial charge in [0.2, 0.25) is 0 Å². The highest BCUT2D eigenvalue weighted by atomic mass is 79.9. The minimum Gasteiger partial charge on any atom is -0.497 e. The molecule has 3 aromatic rings. The van der Waals surface area contributed by atoms with Crippen molar-refractivity contribution in [1.29, 1.82) is 0 Å². The maximum Gasteiger partial charge on any atom is 0.192 e. The summed E-state index contributed by atoms with van der Waals surface area (Å²) in [6.45, 7) is 21.2. The summed E-state index contributed by atoms with van der Waals surface area (Å²) in [4.78, 5) is 0. The first-order valence-corrected chi connectivity index (χ1v) is 24.5. The molecule has 8 heteroatoms. The SMILES string of the molecule is C=C1C(CC2O[C@H](C[C@@H](CC)O[Si](C)(C)C(C)(C)C)[C@H](OC)[C@H]2CBr)O[C@@H](CCCOC(c2ccccc2)(c2ccccc2)c2ccc(OC)cc2)C[C@H]1C. The smallest absolute Gasteiger partial charge is 0.192 e. The van der Waals surface area contributed by atoms with E-state index in [0.717, 1.165) is 66.3 Å². The molecule has 5 rings (SSSR count). The first-order chi connectivity index (χ1) is 26.3. The molecule has 302 valence electrons. The number of hydrogen-bond donors (Lipinski definition) is 0. The van der Waals surface area contributed by atoms with Crippen molar-refractivity contribution >= 4 is 24.2 Å². The van der Waals surface area contributed by atoms with Crippen molar-refractivity contribution in [2.45, 2.75) is 134 Å². The van der Waals surface area contributed by atoms with Crippen molar-refractivity contribution in [1.82, 2.24) is 0 Å². The molecule has 0 radical (unpaired) electrons. The first-order valence-electron chi connectivity index (χ1n) is 20.4. The van der Waals surface area contributed by atoms with Gasteiger partial charge in [0.1, 0.15) is 11.4 Å². The lowest BCUT2D eigenvalue weighted by molar-refractivity contribution is -0.0771. The normalized spacial score (nSPS) is 25.6. The molecule has 2 unspecified atom stereocenters. The van der Waals surface area contributed by atoms with Crippen LogP contribution < -0.4 is 4.74 Å². The van der Waals surface area contributed by atoms with E-state index < -0.39 is 13.9 Å². The van der Waals surface area contributed by atoms with Gasteiger partial charge in [-0.1, -0.05) is 130 Å². The van der Waals surface area contributed by atoms with Gasteiger partial charge in [-0.05, 0) is 84.1 Å². The Morgan fingerprint density at radius 3 is 2.00 bits per heavy atom. The largest absolute Gasteiger partial charge is 0.497 e. The van der Waals surface area contributed by atoms with Crippen molar-refractivity contribution in [3.8, 4) is 5.75 Å². The number of benzene rings is 3. The number of hydrogen-bond acceptors (Lipinski definition) is 6. The van der Waals surface area contributed by atoms with Gasteiger partial charge in [-0.3, -0.25) is 0 Å². The van der Waals surface area contributed by atoms with Gasteiger partial charge >= 0.3 is 0 Å². The van der Waals surface area contributed by atoms with E-state index in [0.29, 0.717) is 12.5 Å². The molecule has 2 aliphatic heterocycles. The van der Waals surface area contributed by atoms with Crippen LogP contribution in [0.5, 0.6) is 5.75 Å². The zero-order valence-corrected chi connectivity index (χ0v) is 37.5. The van der Waals surface area contributed by atoms with E-state index in [9.17, 15) is 0 Å². The molecule has 8 atom stereocenters. The fourth-order valence-electron chi connectivity index (χ4n) is 8.27. The second-order valence-corrected chi connectivity index (χ2v) is 22.6. The van der Waals surface area contributed by atoms with Gasteiger partial charge in [0.25, 0.3) is 0 Å². The highest BCUT2D eigenvalue weighted by Gasteiger charge is 2.48. The predicted molar refractivity (Wildman–Crippen MR) is 231 cm³/mol. The summed E-state index contributed by atoms with van der Waals surface area (Å²) in [5.41, 5.74) is 3.63. The van der Waals surface area contributed by atoms with E-state index in [1.54, 1.807) is 7.11 Å². The zero-order chi connectivity index (χ0) is 39.8. The number of alkyl halides is 1. The second-order valence-electron chi connectivity index (χ2n) is 17.2. The summed E-state index contributed by atoms with van der Waals surface area (Å²) in [6.07, 6.45) is 5.39. The van der Waals surface area contributed by atoms with E-state index in [1.165, 1.54) is 5.57 Å². The third-order valence-electron chi connectivity index (χ3n) is 12.6. The molecule has 0 aromatic heterocycles. The molecule has 2 fully saturated rings. The van der Waals surface area contributed by atoms with Gasteiger partial charge in [0.15, 0.2) is 8.32 Å². The molecule has 2 heterocycles. The van der Waals surface area contributed by atoms with Gasteiger partial charge in [0, 0.05) is 43.9 Å². The topological polar surface area (TPSA) is 55.4 Å². The average Bonchev–Trinajstić information content (AvgIpc) is 3.51. The molecule has 6 nitrogen and oxygen atoms in total. The summed E-state index contributed by atoms with van der Waals surface area (Å²) in [5, 5.41) is 0.959. The lowest BCUT2D eigenvalue weighted by Gasteiger charge is -2.40. The molecule has 0 bridgehead atoms. The Hall–Kier alpha value is -2.30. The fourth-order valence-corrected chi connectivity index (χ4v) is 10.5. The van der Waals surface area contributed by atoms with Crippen LogP contribution >= 0.6 is 15.9 Å². The third kappa shape index (κ3) is 10.2. The predicted octanol–water partition coefficient (Wildman–Crippen LogP) is 11.5. The van der Waals surface area contributed by atoms with E-state index >= 15 is 0 Å². The Labute approximate surface area is 341 Å². The van der Waals surface area contributed by atoms with Gasteiger partial charge in [0.05, 0.1) is 37.6 Å². The lowest BCUT2D eigenvalue weighted by atomic mass is 9.80. The van der Waals surface area contributed by atoms with Gasteiger partial charge < -0.3 is 28.1 Å². The monoisotopic (exact) mass is 834 g/mol. The number of halogens is 1. The second kappa shape index (κ2) is 19.4. The quantitative estimate of drug-likeness (QED) is 0.0418. The Morgan fingerprint density at radius 1 is 0.873 bits per heavy atom. The van der Waals surface area contributed by atoms with E-state index in [-0.39, 0.29) is 47.6 Å². The number of ether oxygens (including phenoxy) is 5. The van der Waals surface area contributed by atoms with Gasteiger partial charge in [-0.15, -0.1) is 0 Å². The summed E-state index contributed by atoms with van der Waals surface area (Å²) >= 11 is 3.84. The molecule has 2 aliphatic rings. The zero-order valence-electron chi connectivity index (χ0n) is 34.9. The maximum atomic E-state index is 7.13. The third-order valence-corrected chi connectivity index (χ3v) is 17.9. The van der Waals surface area contributed by atoms with Crippen LogP contribution in [0.25, 0.3) is 0 Å². The Bertz CT molecular complexity index is 1570. The van der Waals surface area contributed by atoms with Crippen molar-refractivity contribution in [3.63, 3.8) is 0 Å².